The third-order valence-corrected chi connectivity index (χ3v) is 6.07. The number of hydrogen-bond donors (Lipinski definition) is 1. The molecule has 0 spiro atoms. The van der Waals surface area contributed by atoms with Crippen LogP contribution in [-0.4, -0.2) is 42.2 Å². The van der Waals surface area contributed by atoms with Crippen LogP contribution in [0.25, 0.3) is 22.9 Å². The molecule has 0 saturated heterocycles. The van der Waals surface area contributed by atoms with E-state index in [9.17, 15) is 45.2 Å². The third kappa shape index (κ3) is 4.55. The number of amides is 1. The van der Waals surface area contributed by atoms with Gasteiger partial charge in [-0.15, -0.1) is 5.10 Å². The van der Waals surface area contributed by atoms with E-state index in [2.05, 4.69) is 20.5 Å². The minimum absolute atomic E-state index is 0.0209. The number of hydrogen-bond acceptors (Lipinski definition) is 5. The van der Waals surface area contributed by atoms with E-state index >= 15 is 0 Å². The van der Waals surface area contributed by atoms with Gasteiger partial charge in [-0.3, -0.25) is 9.48 Å². The number of aryl methyl sites for hydroxylation is 2. The van der Waals surface area contributed by atoms with E-state index in [4.69, 9.17) is 11.6 Å². The van der Waals surface area contributed by atoms with Crippen LogP contribution >= 0.6 is 11.6 Å². The number of nitrogens with one attached hydrogen (secondary N) is 1. The van der Waals surface area contributed by atoms with Crippen LogP contribution in [0.4, 0.5) is 35.1 Å². The number of carbonyl (C=O) groups excluding carboxylic acids is 1. The Morgan fingerprint density at radius 2 is 1.71 bits per heavy atom. The quantitative estimate of drug-likeness (QED) is 0.438. The molecule has 1 aromatic carbocycles. The lowest BCUT2D eigenvalue weighted by Crippen LogP contribution is -2.36. The molecule has 1 saturated carbocycles. The Hall–Kier alpha value is -3.74. The number of alkyl halides is 8. The first-order chi connectivity index (χ1) is 17.4. The standard InChI is InChI=1S/C21H14ClF8N7O/c1-36-13(12(20(25,26)27)14(34-36)19(23,24)21(28,29)30)15-32-16(37(2)35-15)9-3-4-11(22)10(7-9)17(38)33-18(8-31)5-6-18/h3-4,7H,5-6H2,1-2H3,(H,33,38). The van der Waals surface area contributed by atoms with Crippen molar-refractivity contribution < 1.29 is 39.9 Å². The lowest BCUT2D eigenvalue weighted by Gasteiger charge is -2.19. The van der Waals surface area contributed by atoms with E-state index in [0.717, 1.165) is 11.7 Å². The lowest BCUT2D eigenvalue weighted by molar-refractivity contribution is -0.292. The van der Waals surface area contributed by atoms with Gasteiger partial charge in [0.05, 0.1) is 16.7 Å². The van der Waals surface area contributed by atoms with Crippen LogP contribution in [0.15, 0.2) is 18.2 Å². The van der Waals surface area contributed by atoms with E-state index < -0.39 is 52.5 Å². The van der Waals surface area contributed by atoms with E-state index in [1.165, 1.54) is 25.2 Å². The van der Waals surface area contributed by atoms with Gasteiger partial charge in [0.2, 0.25) is 5.82 Å². The normalized spacial score (nSPS) is 15.3. The van der Waals surface area contributed by atoms with Gasteiger partial charge in [-0.05, 0) is 31.0 Å². The summed E-state index contributed by atoms with van der Waals surface area (Å²) < 4.78 is 109. The van der Waals surface area contributed by atoms with E-state index in [1.807, 2.05) is 6.07 Å². The maximum absolute atomic E-state index is 14.0. The molecular formula is C21H14ClF8N7O. The van der Waals surface area contributed by atoms with Crippen LogP contribution in [0.1, 0.15) is 34.5 Å². The molecule has 0 aliphatic heterocycles. The summed E-state index contributed by atoms with van der Waals surface area (Å²) in [6.07, 6.45) is -11.2. The molecule has 38 heavy (non-hydrogen) atoms. The molecule has 202 valence electrons. The maximum atomic E-state index is 14.0. The van der Waals surface area contributed by atoms with Gasteiger partial charge in [-0.2, -0.15) is 45.5 Å². The second-order valence-electron chi connectivity index (χ2n) is 8.49. The van der Waals surface area contributed by atoms with Gasteiger partial charge < -0.3 is 5.32 Å². The van der Waals surface area contributed by atoms with Crippen LogP contribution in [0, 0.1) is 11.3 Å². The summed E-state index contributed by atoms with van der Waals surface area (Å²) in [5.41, 5.74) is -7.14. The van der Waals surface area contributed by atoms with Gasteiger partial charge in [-0.25, -0.2) is 9.67 Å². The molecule has 3 aromatic rings. The third-order valence-electron chi connectivity index (χ3n) is 5.74. The molecule has 1 fully saturated rings. The van der Waals surface area contributed by atoms with Crippen LogP contribution in [0.3, 0.4) is 0 Å². The van der Waals surface area contributed by atoms with Crippen molar-refractivity contribution in [2.75, 3.05) is 0 Å². The molecule has 4 rings (SSSR count). The summed E-state index contributed by atoms with van der Waals surface area (Å²) >= 11 is 6.10. The van der Waals surface area contributed by atoms with Crippen molar-refractivity contribution in [2.45, 2.75) is 36.7 Å². The highest BCUT2D eigenvalue weighted by Gasteiger charge is 2.64. The van der Waals surface area contributed by atoms with Gasteiger partial charge in [0.1, 0.15) is 16.8 Å². The zero-order valence-electron chi connectivity index (χ0n) is 19.1. The predicted octanol–water partition coefficient (Wildman–Crippen LogP) is 4.99. The summed E-state index contributed by atoms with van der Waals surface area (Å²) in [4.78, 5) is 16.6. The van der Waals surface area contributed by atoms with Crippen LogP contribution in [0.2, 0.25) is 5.02 Å². The van der Waals surface area contributed by atoms with Crippen molar-refractivity contribution in [2.24, 2.45) is 14.1 Å². The molecule has 1 aliphatic rings. The maximum Gasteiger partial charge on any atom is 0.459 e. The fourth-order valence-corrected chi connectivity index (χ4v) is 3.86. The van der Waals surface area contributed by atoms with Crippen molar-refractivity contribution in [1.29, 1.82) is 5.26 Å². The van der Waals surface area contributed by atoms with Gasteiger partial charge in [0, 0.05) is 19.7 Å². The minimum Gasteiger partial charge on any atom is -0.334 e. The average Bonchev–Trinajstić information content (AvgIpc) is 3.31. The first kappa shape index (κ1) is 27.3. The molecule has 17 heteroatoms. The summed E-state index contributed by atoms with van der Waals surface area (Å²) in [5.74, 6) is -7.66. The number of nitrogens with zero attached hydrogens (tertiary/aromatic N) is 6. The Morgan fingerprint density at radius 1 is 1.08 bits per heavy atom. The highest BCUT2D eigenvalue weighted by Crippen LogP contribution is 2.50. The molecule has 0 radical (unpaired) electrons. The van der Waals surface area contributed by atoms with Crippen molar-refractivity contribution in [3.8, 4) is 29.0 Å². The Kier molecular flexibility index (Phi) is 6.21. The Balaban J connectivity index is 1.82. The van der Waals surface area contributed by atoms with Crippen molar-refractivity contribution in [3.63, 3.8) is 0 Å². The molecule has 0 unspecified atom stereocenters. The number of aromatic nitrogens is 5. The second-order valence-corrected chi connectivity index (χ2v) is 8.90. The zero-order valence-corrected chi connectivity index (χ0v) is 19.9. The Bertz CT molecular complexity index is 1480. The summed E-state index contributed by atoms with van der Waals surface area (Å²) in [7, 11) is 1.97. The monoisotopic (exact) mass is 567 g/mol. The fourth-order valence-electron chi connectivity index (χ4n) is 3.65. The highest BCUT2D eigenvalue weighted by molar-refractivity contribution is 6.34. The number of benzene rings is 1. The van der Waals surface area contributed by atoms with Gasteiger partial charge in [0.15, 0.2) is 11.5 Å². The van der Waals surface area contributed by atoms with E-state index in [1.54, 1.807) is 0 Å². The smallest absolute Gasteiger partial charge is 0.334 e. The van der Waals surface area contributed by atoms with Gasteiger partial charge in [-0.1, -0.05) is 11.6 Å². The van der Waals surface area contributed by atoms with Gasteiger partial charge in [0.25, 0.3) is 5.91 Å². The Morgan fingerprint density at radius 3 is 2.24 bits per heavy atom. The average molecular weight is 568 g/mol. The topological polar surface area (TPSA) is 101 Å². The first-order valence-electron chi connectivity index (χ1n) is 10.5. The number of rotatable bonds is 5. The van der Waals surface area contributed by atoms with E-state index in [-0.39, 0.29) is 26.7 Å². The predicted molar refractivity (Wildman–Crippen MR) is 114 cm³/mol. The molecule has 1 N–H and O–H groups in total. The molecular weight excluding hydrogens is 554 g/mol. The van der Waals surface area contributed by atoms with Crippen molar-refractivity contribution >= 4 is 17.5 Å². The molecule has 0 atom stereocenters. The SMILES string of the molecule is Cn1nc(-c2c(C(F)(F)F)c(C(F)(F)C(F)(F)F)nn2C)nc1-c1ccc(Cl)c(C(=O)NC2(C#N)CC2)c1. The van der Waals surface area contributed by atoms with Crippen LogP contribution < -0.4 is 5.32 Å². The summed E-state index contributed by atoms with van der Waals surface area (Å²) in [6.45, 7) is 0. The van der Waals surface area contributed by atoms with Crippen molar-refractivity contribution in [3.05, 3.63) is 40.0 Å². The molecule has 0 bridgehead atoms. The highest BCUT2D eigenvalue weighted by atomic mass is 35.5. The minimum atomic E-state index is -6.35. The number of nitriles is 1. The molecule has 2 heterocycles. The lowest BCUT2D eigenvalue weighted by atomic mass is 10.1. The first-order valence-corrected chi connectivity index (χ1v) is 10.8. The largest absolute Gasteiger partial charge is 0.459 e. The van der Waals surface area contributed by atoms with Gasteiger partial charge >= 0.3 is 18.3 Å². The summed E-state index contributed by atoms with van der Waals surface area (Å²) in [5, 5.41) is 18.3. The number of halogens is 9. The summed E-state index contributed by atoms with van der Waals surface area (Å²) in [6, 6.07) is 5.80. The molecule has 8 nitrogen and oxygen atoms in total. The molecule has 1 amide bonds. The zero-order chi connectivity index (χ0) is 28.4. The number of carbonyl (C=O) groups is 1. The van der Waals surface area contributed by atoms with Crippen molar-refractivity contribution in [1.82, 2.24) is 29.9 Å². The second kappa shape index (κ2) is 8.65. The van der Waals surface area contributed by atoms with Crippen LogP contribution in [0.5, 0.6) is 0 Å². The molecule has 1 aliphatic carbocycles. The van der Waals surface area contributed by atoms with Crippen LogP contribution in [-0.2, 0) is 26.2 Å². The fraction of sp³-hybridized carbons (Fsp3) is 0.381. The molecule has 2 aromatic heterocycles. The van der Waals surface area contributed by atoms with E-state index in [0.29, 0.717) is 12.8 Å². The Labute approximate surface area is 212 Å².